The van der Waals surface area contributed by atoms with E-state index >= 15 is 0 Å². The molecule has 128 valence electrons. The van der Waals surface area contributed by atoms with Crippen molar-refractivity contribution in [3.05, 3.63) is 0 Å². The van der Waals surface area contributed by atoms with E-state index in [0.717, 1.165) is 7.11 Å². The Bertz CT molecular complexity index is 431. The van der Waals surface area contributed by atoms with E-state index in [1.807, 2.05) is 0 Å². The van der Waals surface area contributed by atoms with E-state index in [-0.39, 0.29) is 19.3 Å². The zero-order chi connectivity index (χ0) is 17.2. The fourth-order valence-electron chi connectivity index (χ4n) is 2.74. The number of esters is 1. The molecule has 8 heteroatoms. The molecular formula is C14H22F3NO4. The van der Waals surface area contributed by atoms with Gasteiger partial charge in [0.05, 0.1) is 18.9 Å². The Morgan fingerprint density at radius 3 is 2.32 bits per heavy atom. The van der Waals surface area contributed by atoms with Gasteiger partial charge in [-0.1, -0.05) is 0 Å². The number of carbonyl (C=O) groups is 2. The molecule has 1 amide bonds. The van der Waals surface area contributed by atoms with Crippen LogP contribution in [0.15, 0.2) is 0 Å². The predicted octanol–water partition coefficient (Wildman–Crippen LogP) is 3.18. The molecule has 0 aliphatic heterocycles. The summed E-state index contributed by atoms with van der Waals surface area (Å²) in [5, 5.41) is 2.52. The smallest absolute Gasteiger partial charge is 0.407 e. The second-order valence-electron chi connectivity index (χ2n) is 6.65. The van der Waals surface area contributed by atoms with Crippen LogP contribution in [0, 0.1) is 5.41 Å². The van der Waals surface area contributed by atoms with Crippen LogP contribution in [0.2, 0.25) is 0 Å². The van der Waals surface area contributed by atoms with Crippen LogP contribution in [-0.2, 0) is 14.3 Å². The molecule has 1 saturated carbocycles. The van der Waals surface area contributed by atoms with Crippen LogP contribution in [0.5, 0.6) is 0 Å². The third-order valence-corrected chi connectivity index (χ3v) is 3.49. The average molecular weight is 325 g/mol. The quantitative estimate of drug-likeness (QED) is 0.810. The lowest BCUT2D eigenvalue weighted by atomic mass is 9.82. The van der Waals surface area contributed by atoms with Crippen LogP contribution in [-0.4, -0.2) is 37.0 Å². The average Bonchev–Trinajstić information content (AvgIpc) is 2.67. The molecule has 2 atom stereocenters. The highest BCUT2D eigenvalue weighted by Crippen LogP contribution is 2.47. The molecule has 0 spiro atoms. The minimum Gasteiger partial charge on any atom is -0.469 e. The normalized spacial score (nSPS) is 25.7. The number of amides is 1. The van der Waals surface area contributed by atoms with Gasteiger partial charge in [0.15, 0.2) is 0 Å². The summed E-state index contributed by atoms with van der Waals surface area (Å²) in [7, 11) is 1.06. The van der Waals surface area contributed by atoms with E-state index in [4.69, 9.17) is 4.74 Å². The summed E-state index contributed by atoms with van der Waals surface area (Å²) < 4.78 is 47.8. The van der Waals surface area contributed by atoms with Gasteiger partial charge in [0.1, 0.15) is 5.60 Å². The zero-order valence-electron chi connectivity index (χ0n) is 13.2. The van der Waals surface area contributed by atoms with Crippen molar-refractivity contribution in [3.8, 4) is 0 Å². The number of rotatable bonds is 3. The van der Waals surface area contributed by atoms with Crippen molar-refractivity contribution in [1.29, 1.82) is 0 Å². The minimum atomic E-state index is -4.48. The molecule has 22 heavy (non-hydrogen) atoms. The molecule has 1 aliphatic carbocycles. The van der Waals surface area contributed by atoms with Crippen LogP contribution in [0.4, 0.5) is 18.0 Å². The molecule has 0 radical (unpaired) electrons. The number of alkyl halides is 3. The van der Waals surface area contributed by atoms with E-state index in [1.54, 1.807) is 20.8 Å². The summed E-state index contributed by atoms with van der Waals surface area (Å²) in [5.74, 6) is -0.890. The first-order valence-electron chi connectivity index (χ1n) is 7.02. The van der Waals surface area contributed by atoms with Gasteiger partial charge in [-0.2, -0.15) is 13.2 Å². The second kappa shape index (κ2) is 6.34. The maximum atomic E-state index is 12.7. The summed E-state index contributed by atoms with van der Waals surface area (Å²) in [6.07, 6.45) is -6.26. The number of halogens is 3. The van der Waals surface area contributed by atoms with E-state index in [0.29, 0.717) is 0 Å². The van der Waals surface area contributed by atoms with Gasteiger partial charge < -0.3 is 14.8 Å². The molecule has 1 aliphatic rings. The van der Waals surface area contributed by atoms with Gasteiger partial charge >= 0.3 is 18.2 Å². The highest BCUT2D eigenvalue weighted by Gasteiger charge is 2.53. The van der Waals surface area contributed by atoms with Crippen molar-refractivity contribution in [3.63, 3.8) is 0 Å². The summed E-state index contributed by atoms with van der Waals surface area (Å²) >= 11 is 0. The maximum absolute atomic E-state index is 12.7. The van der Waals surface area contributed by atoms with Crippen LogP contribution < -0.4 is 5.32 Å². The Morgan fingerprint density at radius 1 is 1.27 bits per heavy atom. The van der Waals surface area contributed by atoms with E-state index < -0.39 is 41.7 Å². The van der Waals surface area contributed by atoms with Gasteiger partial charge in [0.25, 0.3) is 0 Å². The summed E-state index contributed by atoms with van der Waals surface area (Å²) in [6, 6.07) is -0.545. The number of methoxy groups -OCH3 is 1. The van der Waals surface area contributed by atoms with Gasteiger partial charge in [-0.25, -0.2) is 4.79 Å². The van der Waals surface area contributed by atoms with E-state index in [2.05, 4.69) is 10.1 Å². The third-order valence-electron chi connectivity index (χ3n) is 3.49. The second-order valence-corrected chi connectivity index (χ2v) is 6.65. The molecule has 0 saturated heterocycles. The molecule has 0 aromatic rings. The standard InChI is InChI=1S/C14H22F3NO4/c1-12(2,3)22-11(20)18-9-5-6-13(7-9,10(19)21-4)8-14(15,16)17/h9H,5-8H2,1-4H3,(H,18,20)/t9-,13+/m1/s1. The Balaban J connectivity index is 2.74. The first-order chi connectivity index (χ1) is 9.87. The Morgan fingerprint density at radius 2 is 1.86 bits per heavy atom. The van der Waals surface area contributed by atoms with Crippen molar-refractivity contribution in [2.45, 2.75) is 64.3 Å². The number of alkyl carbamates (subject to hydrolysis) is 1. The Kier molecular flexibility index (Phi) is 5.35. The van der Waals surface area contributed by atoms with E-state index in [9.17, 15) is 22.8 Å². The lowest BCUT2D eigenvalue weighted by Gasteiger charge is -2.27. The van der Waals surface area contributed by atoms with Gasteiger partial charge in [0.2, 0.25) is 0 Å². The fraction of sp³-hybridized carbons (Fsp3) is 0.857. The van der Waals surface area contributed by atoms with Crippen molar-refractivity contribution < 1.29 is 32.2 Å². The van der Waals surface area contributed by atoms with Crippen LogP contribution >= 0.6 is 0 Å². The van der Waals surface area contributed by atoms with Crippen LogP contribution in [0.1, 0.15) is 46.5 Å². The summed E-state index contributed by atoms with van der Waals surface area (Å²) in [5.41, 5.74) is -2.33. The molecule has 1 fully saturated rings. The third kappa shape index (κ3) is 5.38. The van der Waals surface area contributed by atoms with Crippen molar-refractivity contribution >= 4 is 12.1 Å². The molecule has 1 N–H and O–H groups in total. The molecular weight excluding hydrogens is 303 g/mol. The van der Waals surface area contributed by atoms with Gasteiger partial charge in [-0.15, -0.1) is 0 Å². The van der Waals surface area contributed by atoms with Gasteiger partial charge in [-0.3, -0.25) is 4.79 Å². The van der Waals surface area contributed by atoms with Crippen molar-refractivity contribution in [1.82, 2.24) is 5.32 Å². The SMILES string of the molecule is COC(=O)[C@@]1(CC(F)(F)F)CC[C@@H](NC(=O)OC(C)(C)C)C1. The molecule has 0 aromatic heterocycles. The van der Waals surface area contributed by atoms with Crippen LogP contribution in [0.3, 0.4) is 0 Å². The summed E-state index contributed by atoms with van der Waals surface area (Å²) in [6.45, 7) is 5.05. The number of carbonyl (C=O) groups excluding carboxylic acids is 2. The Labute approximate surface area is 127 Å². The minimum absolute atomic E-state index is 0.0135. The number of hydrogen-bond acceptors (Lipinski definition) is 4. The van der Waals surface area contributed by atoms with Crippen LogP contribution in [0.25, 0.3) is 0 Å². The molecule has 0 bridgehead atoms. The summed E-state index contributed by atoms with van der Waals surface area (Å²) in [4.78, 5) is 23.5. The lowest BCUT2D eigenvalue weighted by molar-refractivity contribution is -0.180. The Hall–Kier alpha value is -1.47. The lowest BCUT2D eigenvalue weighted by Crippen LogP contribution is -2.40. The largest absolute Gasteiger partial charge is 0.469 e. The highest BCUT2D eigenvalue weighted by atomic mass is 19.4. The molecule has 5 nitrogen and oxygen atoms in total. The number of ether oxygens (including phenoxy) is 2. The maximum Gasteiger partial charge on any atom is 0.407 e. The predicted molar refractivity (Wildman–Crippen MR) is 72.1 cm³/mol. The fourth-order valence-corrected chi connectivity index (χ4v) is 2.74. The van der Waals surface area contributed by atoms with Gasteiger partial charge in [0, 0.05) is 6.04 Å². The highest BCUT2D eigenvalue weighted by molar-refractivity contribution is 5.77. The van der Waals surface area contributed by atoms with Crippen molar-refractivity contribution in [2.75, 3.05) is 7.11 Å². The molecule has 0 aromatic carbocycles. The van der Waals surface area contributed by atoms with Crippen molar-refractivity contribution in [2.24, 2.45) is 5.41 Å². The monoisotopic (exact) mass is 325 g/mol. The molecule has 1 rings (SSSR count). The zero-order valence-corrected chi connectivity index (χ0v) is 13.2. The first kappa shape index (κ1) is 18.6. The molecule has 0 heterocycles. The number of nitrogens with one attached hydrogen (secondary N) is 1. The topological polar surface area (TPSA) is 64.6 Å². The van der Waals surface area contributed by atoms with Gasteiger partial charge in [-0.05, 0) is 40.0 Å². The number of hydrogen-bond donors (Lipinski definition) is 1. The van der Waals surface area contributed by atoms with E-state index in [1.165, 1.54) is 0 Å². The first-order valence-corrected chi connectivity index (χ1v) is 7.02. The molecule has 0 unspecified atom stereocenters.